The van der Waals surface area contributed by atoms with Crippen molar-refractivity contribution in [3.8, 4) is 0 Å². The first kappa shape index (κ1) is 23.2. The molecule has 1 atom stereocenters. The van der Waals surface area contributed by atoms with E-state index in [2.05, 4.69) is 16.4 Å². The summed E-state index contributed by atoms with van der Waals surface area (Å²) in [6.45, 7) is 3.70. The predicted octanol–water partition coefficient (Wildman–Crippen LogP) is 4.16. The molecular weight excluding hydrogens is 467 g/mol. The number of fused-ring (bicyclic) bond motifs is 1. The topological polar surface area (TPSA) is 75.5 Å². The normalized spacial score (nSPS) is 25.7. The fourth-order valence-corrected chi connectivity index (χ4v) is 8.58. The molecule has 0 bridgehead atoms. The van der Waals surface area contributed by atoms with E-state index in [0.29, 0.717) is 19.0 Å². The molecule has 0 N–H and O–H groups in total. The molecule has 7 nitrogen and oxygen atoms in total. The molecule has 35 heavy (non-hydrogen) atoms. The minimum absolute atomic E-state index is 0.0862. The van der Waals surface area contributed by atoms with Gasteiger partial charge in [0.1, 0.15) is 16.4 Å². The van der Waals surface area contributed by atoms with Crippen LogP contribution in [0.2, 0.25) is 0 Å². The third kappa shape index (κ3) is 3.73. The fraction of sp³-hybridized carbons (Fsp3) is 0.615. The second kappa shape index (κ2) is 8.40. The summed E-state index contributed by atoms with van der Waals surface area (Å²) in [5.74, 6) is -0.256. The molecule has 2 aliphatic carbocycles. The average molecular weight is 501 g/mol. The Labute approximate surface area is 206 Å². The first-order valence-electron chi connectivity index (χ1n) is 12.9. The van der Waals surface area contributed by atoms with Crippen molar-refractivity contribution in [2.24, 2.45) is 5.41 Å². The highest BCUT2D eigenvalue weighted by Crippen LogP contribution is 2.52. The molecular formula is C26H33FN4O3S. The van der Waals surface area contributed by atoms with E-state index in [1.165, 1.54) is 41.8 Å². The maximum Gasteiger partial charge on any atom is 0.272 e. The maximum atomic E-state index is 14.1. The first-order chi connectivity index (χ1) is 16.8. The average Bonchev–Trinajstić information content (AvgIpc) is 3.17. The van der Waals surface area contributed by atoms with Gasteiger partial charge in [-0.15, -0.1) is 0 Å². The van der Waals surface area contributed by atoms with Gasteiger partial charge in [-0.1, -0.05) is 31.4 Å². The molecule has 0 unspecified atom stereocenters. The van der Waals surface area contributed by atoms with E-state index < -0.39 is 15.8 Å². The summed E-state index contributed by atoms with van der Waals surface area (Å²) in [7, 11) is -3.83. The molecule has 6 rings (SSSR count). The lowest BCUT2D eigenvalue weighted by Crippen LogP contribution is -2.68. The minimum Gasteiger partial charge on any atom is -0.332 e. The second-order valence-corrected chi connectivity index (χ2v) is 13.0. The Balaban J connectivity index is 1.17. The molecule has 0 radical (unpaired) electrons. The lowest BCUT2D eigenvalue weighted by molar-refractivity contribution is -0.0741. The lowest BCUT2D eigenvalue weighted by atomic mass is 9.61. The van der Waals surface area contributed by atoms with Crippen molar-refractivity contribution in [3.05, 3.63) is 47.8 Å². The molecule has 1 aromatic heterocycles. The van der Waals surface area contributed by atoms with E-state index in [4.69, 9.17) is 4.98 Å². The summed E-state index contributed by atoms with van der Waals surface area (Å²) in [6, 6.07) is 5.78. The molecule has 3 heterocycles. The third-order valence-corrected chi connectivity index (χ3v) is 10.6. The van der Waals surface area contributed by atoms with Crippen LogP contribution in [-0.4, -0.2) is 58.3 Å². The molecule has 9 heteroatoms. The SMILES string of the molecule is C[C@@H]1CCn2cnc(C3CCCCC3)c2C(=O)N1C1CC2(C1)CN(S(=O)(=O)c1ccccc1F)C2. The number of carbonyl (C=O) groups is 1. The molecule has 1 saturated heterocycles. The first-order valence-corrected chi connectivity index (χ1v) is 14.4. The number of aryl methyl sites for hydroxylation is 1. The Hall–Kier alpha value is -2.26. The van der Waals surface area contributed by atoms with Crippen LogP contribution in [0.1, 0.15) is 80.4 Å². The van der Waals surface area contributed by atoms with Crippen molar-refractivity contribution in [1.82, 2.24) is 18.8 Å². The number of hydrogen-bond acceptors (Lipinski definition) is 4. The minimum atomic E-state index is -3.83. The fourth-order valence-electron chi connectivity index (χ4n) is 6.85. The number of sulfonamides is 1. The van der Waals surface area contributed by atoms with Crippen LogP contribution >= 0.6 is 0 Å². The maximum absolute atomic E-state index is 14.1. The highest BCUT2D eigenvalue weighted by atomic mass is 32.2. The van der Waals surface area contributed by atoms with Gasteiger partial charge in [-0.2, -0.15) is 4.31 Å². The van der Waals surface area contributed by atoms with Crippen LogP contribution in [-0.2, 0) is 16.6 Å². The standard InChI is InChI=1S/C26H33FN4O3S/c1-18-11-12-29-17-28-23(19-7-3-2-4-8-19)24(29)25(32)31(18)20-13-26(14-20)15-30(16-26)35(33,34)22-10-6-5-9-21(22)27/h5-6,9-10,17-20H,2-4,7-8,11-16H2,1H3/t18-/m1/s1. The number of halogens is 1. The molecule has 2 aliphatic heterocycles. The number of nitrogens with zero attached hydrogens (tertiary/aromatic N) is 4. The molecule has 4 aliphatic rings. The Morgan fingerprint density at radius 2 is 1.77 bits per heavy atom. The highest BCUT2D eigenvalue weighted by Gasteiger charge is 2.58. The van der Waals surface area contributed by atoms with Crippen molar-refractivity contribution in [2.75, 3.05) is 13.1 Å². The third-order valence-electron chi connectivity index (χ3n) is 8.77. The molecule has 1 spiro atoms. The Morgan fingerprint density at radius 1 is 1.06 bits per heavy atom. The monoisotopic (exact) mass is 500 g/mol. The van der Waals surface area contributed by atoms with Gasteiger partial charge in [-0.05, 0) is 51.2 Å². The number of imidazole rings is 1. The Bertz CT molecular complexity index is 1240. The van der Waals surface area contributed by atoms with E-state index in [1.807, 2.05) is 6.33 Å². The van der Waals surface area contributed by atoms with Crippen LogP contribution in [0.5, 0.6) is 0 Å². The zero-order valence-corrected chi connectivity index (χ0v) is 21.0. The summed E-state index contributed by atoms with van der Waals surface area (Å²) in [4.78, 5) is 20.4. The molecule has 1 aromatic carbocycles. The molecule has 2 aromatic rings. The van der Waals surface area contributed by atoms with E-state index in [0.717, 1.165) is 50.0 Å². The predicted molar refractivity (Wildman–Crippen MR) is 129 cm³/mol. The van der Waals surface area contributed by atoms with E-state index in [9.17, 15) is 17.6 Å². The summed E-state index contributed by atoms with van der Waals surface area (Å²) in [5.41, 5.74) is 1.65. The van der Waals surface area contributed by atoms with Gasteiger partial charge in [0.2, 0.25) is 10.0 Å². The van der Waals surface area contributed by atoms with Gasteiger partial charge in [-0.25, -0.2) is 17.8 Å². The zero-order chi connectivity index (χ0) is 24.4. The molecule has 2 saturated carbocycles. The number of carbonyl (C=O) groups excluding carboxylic acids is 1. The van der Waals surface area contributed by atoms with Gasteiger partial charge in [0.15, 0.2) is 0 Å². The van der Waals surface area contributed by atoms with Gasteiger partial charge in [0.25, 0.3) is 5.91 Å². The number of rotatable bonds is 4. The van der Waals surface area contributed by atoms with Crippen molar-refractivity contribution in [2.45, 2.75) is 87.7 Å². The van der Waals surface area contributed by atoms with Crippen LogP contribution in [0, 0.1) is 11.2 Å². The van der Waals surface area contributed by atoms with Crippen molar-refractivity contribution < 1.29 is 17.6 Å². The van der Waals surface area contributed by atoms with E-state index in [-0.39, 0.29) is 28.3 Å². The van der Waals surface area contributed by atoms with Gasteiger partial charge >= 0.3 is 0 Å². The number of benzene rings is 1. The van der Waals surface area contributed by atoms with Crippen molar-refractivity contribution >= 4 is 15.9 Å². The Kier molecular flexibility index (Phi) is 5.56. The van der Waals surface area contributed by atoms with Crippen LogP contribution < -0.4 is 0 Å². The van der Waals surface area contributed by atoms with Crippen LogP contribution in [0.15, 0.2) is 35.5 Å². The van der Waals surface area contributed by atoms with Gasteiger partial charge < -0.3 is 9.47 Å². The van der Waals surface area contributed by atoms with Crippen molar-refractivity contribution in [1.29, 1.82) is 0 Å². The van der Waals surface area contributed by atoms with E-state index in [1.54, 1.807) is 6.07 Å². The van der Waals surface area contributed by atoms with Gasteiger partial charge in [0, 0.05) is 43.1 Å². The molecule has 1 amide bonds. The largest absolute Gasteiger partial charge is 0.332 e. The van der Waals surface area contributed by atoms with Crippen LogP contribution in [0.4, 0.5) is 4.39 Å². The summed E-state index contributed by atoms with van der Waals surface area (Å²) in [6.07, 6.45) is 10.2. The van der Waals surface area contributed by atoms with Crippen molar-refractivity contribution in [3.63, 3.8) is 0 Å². The van der Waals surface area contributed by atoms with Crippen LogP contribution in [0.25, 0.3) is 0 Å². The number of aromatic nitrogens is 2. The quantitative estimate of drug-likeness (QED) is 0.632. The molecule has 3 fully saturated rings. The highest BCUT2D eigenvalue weighted by molar-refractivity contribution is 7.89. The Morgan fingerprint density at radius 3 is 2.49 bits per heavy atom. The van der Waals surface area contributed by atoms with E-state index >= 15 is 0 Å². The van der Waals surface area contributed by atoms with Gasteiger partial charge in [-0.3, -0.25) is 4.79 Å². The summed E-state index contributed by atoms with van der Waals surface area (Å²) in [5, 5.41) is 0. The summed E-state index contributed by atoms with van der Waals surface area (Å²) >= 11 is 0. The second-order valence-electron chi connectivity index (χ2n) is 11.1. The summed E-state index contributed by atoms with van der Waals surface area (Å²) < 4.78 is 43.4. The number of amides is 1. The van der Waals surface area contributed by atoms with Crippen LogP contribution in [0.3, 0.4) is 0 Å². The lowest BCUT2D eigenvalue weighted by Gasteiger charge is -2.60. The smallest absolute Gasteiger partial charge is 0.272 e. The number of hydrogen-bond donors (Lipinski definition) is 0. The molecule has 188 valence electrons. The van der Waals surface area contributed by atoms with Gasteiger partial charge in [0.05, 0.1) is 12.0 Å². The zero-order valence-electron chi connectivity index (χ0n) is 20.2.